The Bertz CT molecular complexity index is 78.5. The maximum atomic E-state index is 12.6. The van der Waals surface area contributed by atoms with Gasteiger partial charge in [0.2, 0.25) is 0 Å². The molecule has 0 bridgehead atoms. The van der Waals surface area contributed by atoms with E-state index in [1.807, 2.05) is 0 Å². The molecule has 8 heavy (non-hydrogen) atoms. The van der Waals surface area contributed by atoms with Crippen LogP contribution in [-0.4, -0.2) is 25.4 Å². The molecule has 0 aromatic heterocycles. The minimum absolute atomic E-state index is 0.184. The Morgan fingerprint density at radius 3 is 2.62 bits per heavy atom. The molecule has 0 spiro atoms. The van der Waals surface area contributed by atoms with E-state index in [2.05, 4.69) is 5.32 Å². The van der Waals surface area contributed by atoms with Crippen LogP contribution >= 0.6 is 0 Å². The van der Waals surface area contributed by atoms with Gasteiger partial charge >= 0.3 is 0 Å². The highest BCUT2D eigenvalue weighted by atomic mass is 19.2. The topological polar surface area (TPSA) is 12.0 Å². The molecule has 0 radical (unpaired) electrons. The van der Waals surface area contributed by atoms with Crippen LogP contribution in [0.4, 0.5) is 8.78 Å². The van der Waals surface area contributed by atoms with E-state index in [1.54, 1.807) is 0 Å². The van der Waals surface area contributed by atoms with Gasteiger partial charge in [-0.3, -0.25) is 0 Å². The Morgan fingerprint density at radius 2 is 2.38 bits per heavy atom. The van der Waals surface area contributed by atoms with Gasteiger partial charge in [0.15, 0.2) is 5.67 Å². The van der Waals surface area contributed by atoms with Gasteiger partial charge in [0.1, 0.15) is 6.67 Å². The normalized spacial score (nSPS) is 38.2. The molecule has 1 atom stereocenters. The molecule has 1 rings (SSSR count). The second-order valence-corrected chi connectivity index (χ2v) is 2.21. The van der Waals surface area contributed by atoms with E-state index in [1.165, 1.54) is 0 Å². The lowest BCUT2D eigenvalue weighted by Crippen LogP contribution is -2.27. The third-order valence-corrected chi connectivity index (χ3v) is 1.43. The van der Waals surface area contributed by atoms with E-state index in [-0.39, 0.29) is 6.54 Å². The van der Waals surface area contributed by atoms with Crippen molar-refractivity contribution in [2.45, 2.75) is 12.1 Å². The first kappa shape index (κ1) is 5.95. The first-order valence-electron chi connectivity index (χ1n) is 2.72. The van der Waals surface area contributed by atoms with Crippen molar-refractivity contribution in [3.8, 4) is 0 Å². The minimum Gasteiger partial charge on any atom is -0.313 e. The van der Waals surface area contributed by atoms with E-state index in [4.69, 9.17) is 0 Å². The summed E-state index contributed by atoms with van der Waals surface area (Å²) >= 11 is 0. The predicted octanol–water partition coefficient (Wildman–Crippen LogP) is 0.657. The van der Waals surface area contributed by atoms with Crippen molar-refractivity contribution < 1.29 is 8.78 Å². The van der Waals surface area contributed by atoms with Crippen LogP contribution in [0.2, 0.25) is 0 Å². The Balaban J connectivity index is 2.40. The summed E-state index contributed by atoms with van der Waals surface area (Å²) in [4.78, 5) is 0. The standard InChI is InChI=1S/C5H9F2N/c6-3-5(7)1-2-8-4-5/h8H,1-4H2/t5-/m0/s1. The summed E-state index contributed by atoms with van der Waals surface area (Å²) < 4.78 is 24.3. The highest BCUT2D eigenvalue weighted by Gasteiger charge is 2.33. The lowest BCUT2D eigenvalue weighted by molar-refractivity contribution is 0.143. The number of hydrogen-bond acceptors (Lipinski definition) is 1. The summed E-state index contributed by atoms with van der Waals surface area (Å²) in [6.45, 7) is -0.0517. The Hall–Kier alpha value is -0.180. The Morgan fingerprint density at radius 1 is 1.62 bits per heavy atom. The van der Waals surface area contributed by atoms with Crippen LogP contribution in [0.3, 0.4) is 0 Å². The second-order valence-electron chi connectivity index (χ2n) is 2.21. The third-order valence-electron chi connectivity index (χ3n) is 1.43. The zero-order valence-electron chi connectivity index (χ0n) is 4.58. The van der Waals surface area contributed by atoms with Crippen LogP contribution in [0.15, 0.2) is 0 Å². The van der Waals surface area contributed by atoms with E-state index >= 15 is 0 Å². The first-order valence-corrected chi connectivity index (χ1v) is 2.72. The molecular formula is C5H9F2N. The number of alkyl halides is 2. The molecule has 48 valence electrons. The smallest absolute Gasteiger partial charge is 0.152 e. The zero-order chi connectivity index (χ0) is 6.04. The molecule has 1 fully saturated rings. The summed E-state index contributed by atoms with van der Waals surface area (Å²) in [5.41, 5.74) is -1.54. The quantitative estimate of drug-likeness (QED) is 0.537. The molecule has 1 aliphatic rings. The summed E-state index contributed by atoms with van der Waals surface area (Å²) in [7, 11) is 0. The van der Waals surface area contributed by atoms with Crippen LogP contribution in [0.1, 0.15) is 6.42 Å². The van der Waals surface area contributed by atoms with Crippen LogP contribution in [0.25, 0.3) is 0 Å². The lowest BCUT2D eigenvalue weighted by atomic mass is 10.1. The largest absolute Gasteiger partial charge is 0.313 e. The van der Waals surface area contributed by atoms with Crippen LogP contribution in [-0.2, 0) is 0 Å². The van der Waals surface area contributed by atoms with E-state index in [0.717, 1.165) is 0 Å². The molecule has 3 heteroatoms. The number of rotatable bonds is 1. The van der Waals surface area contributed by atoms with Crippen LogP contribution in [0.5, 0.6) is 0 Å². The summed E-state index contributed by atoms with van der Waals surface area (Å²) in [5.74, 6) is 0. The molecule has 0 aliphatic carbocycles. The predicted molar refractivity (Wildman–Crippen MR) is 27.3 cm³/mol. The number of halogens is 2. The maximum Gasteiger partial charge on any atom is 0.152 e. The number of nitrogens with one attached hydrogen (secondary N) is 1. The highest BCUT2D eigenvalue weighted by Crippen LogP contribution is 2.19. The monoisotopic (exact) mass is 121 g/mol. The first-order chi connectivity index (χ1) is 3.77. The van der Waals surface area contributed by atoms with Crippen molar-refractivity contribution in [2.75, 3.05) is 19.8 Å². The van der Waals surface area contributed by atoms with Gasteiger partial charge in [-0.05, 0) is 13.0 Å². The van der Waals surface area contributed by atoms with E-state index in [9.17, 15) is 8.78 Å². The van der Waals surface area contributed by atoms with Crippen LogP contribution < -0.4 is 5.32 Å². The van der Waals surface area contributed by atoms with Gasteiger partial charge in [0.25, 0.3) is 0 Å². The van der Waals surface area contributed by atoms with Gasteiger partial charge in [-0.25, -0.2) is 8.78 Å². The van der Waals surface area contributed by atoms with E-state index < -0.39 is 12.3 Å². The molecule has 1 saturated heterocycles. The highest BCUT2D eigenvalue weighted by molar-refractivity contribution is 4.87. The van der Waals surface area contributed by atoms with Crippen molar-refractivity contribution >= 4 is 0 Å². The molecule has 0 aromatic carbocycles. The molecule has 1 N–H and O–H groups in total. The fourth-order valence-corrected chi connectivity index (χ4v) is 0.827. The molecular weight excluding hydrogens is 112 g/mol. The molecule has 0 aromatic rings. The van der Waals surface area contributed by atoms with Crippen molar-refractivity contribution in [1.29, 1.82) is 0 Å². The zero-order valence-corrected chi connectivity index (χ0v) is 4.58. The van der Waals surface area contributed by atoms with Gasteiger partial charge in [0, 0.05) is 6.54 Å². The molecule has 1 nitrogen and oxygen atoms in total. The minimum atomic E-state index is -1.54. The van der Waals surface area contributed by atoms with E-state index in [0.29, 0.717) is 13.0 Å². The lowest BCUT2D eigenvalue weighted by Gasteiger charge is -2.10. The molecule has 0 saturated carbocycles. The summed E-state index contributed by atoms with van der Waals surface area (Å²) in [5, 5.41) is 2.75. The average molecular weight is 121 g/mol. The van der Waals surface area contributed by atoms with Crippen molar-refractivity contribution in [2.24, 2.45) is 0 Å². The molecule has 1 heterocycles. The second kappa shape index (κ2) is 1.97. The fourth-order valence-electron chi connectivity index (χ4n) is 0.827. The van der Waals surface area contributed by atoms with Gasteiger partial charge in [-0.2, -0.15) is 0 Å². The van der Waals surface area contributed by atoms with Crippen LogP contribution in [0, 0.1) is 0 Å². The SMILES string of the molecule is FC[C@@]1(F)CCNC1. The Labute approximate surface area is 47.1 Å². The summed E-state index contributed by atoms with van der Waals surface area (Å²) in [6.07, 6.45) is 0.323. The molecule has 0 unspecified atom stereocenters. The number of hydrogen-bond donors (Lipinski definition) is 1. The maximum absolute atomic E-state index is 12.6. The molecule has 0 amide bonds. The van der Waals surface area contributed by atoms with Crippen molar-refractivity contribution in [3.05, 3.63) is 0 Å². The summed E-state index contributed by atoms with van der Waals surface area (Å²) in [6, 6.07) is 0. The van der Waals surface area contributed by atoms with Gasteiger partial charge < -0.3 is 5.32 Å². The van der Waals surface area contributed by atoms with Gasteiger partial charge in [-0.15, -0.1) is 0 Å². The van der Waals surface area contributed by atoms with Gasteiger partial charge in [0.05, 0.1) is 0 Å². The third kappa shape index (κ3) is 0.968. The van der Waals surface area contributed by atoms with Gasteiger partial charge in [-0.1, -0.05) is 0 Å². The Kier molecular flexibility index (Phi) is 1.47. The van der Waals surface area contributed by atoms with Crippen molar-refractivity contribution in [3.63, 3.8) is 0 Å². The fraction of sp³-hybridized carbons (Fsp3) is 1.00. The molecule has 1 aliphatic heterocycles. The van der Waals surface area contributed by atoms with Crippen molar-refractivity contribution in [1.82, 2.24) is 5.32 Å². The average Bonchev–Trinajstić information content (AvgIpc) is 2.17.